The van der Waals surface area contributed by atoms with Crippen molar-refractivity contribution in [2.24, 2.45) is 5.92 Å². The van der Waals surface area contributed by atoms with Gasteiger partial charge in [0.2, 0.25) is 5.91 Å². The summed E-state index contributed by atoms with van der Waals surface area (Å²) in [7, 11) is 0. The van der Waals surface area contributed by atoms with Crippen molar-refractivity contribution >= 4 is 5.91 Å². The molecule has 0 aliphatic carbocycles. The van der Waals surface area contributed by atoms with Gasteiger partial charge in [-0.05, 0) is 30.0 Å². The van der Waals surface area contributed by atoms with Gasteiger partial charge >= 0.3 is 0 Å². The Kier molecular flexibility index (Phi) is 5.65. The predicted octanol–water partition coefficient (Wildman–Crippen LogP) is 1.46. The Morgan fingerprint density at radius 3 is 2.39 bits per heavy atom. The van der Waals surface area contributed by atoms with Gasteiger partial charge in [-0.2, -0.15) is 0 Å². The molecular weight excluding hydrogens is 230 g/mol. The fraction of sp³-hybridized carbons (Fsp3) is 0.500. The van der Waals surface area contributed by atoms with E-state index in [0.717, 1.165) is 5.56 Å². The number of benzene rings is 1. The molecule has 0 fully saturated rings. The van der Waals surface area contributed by atoms with Gasteiger partial charge in [-0.15, -0.1) is 0 Å². The van der Waals surface area contributed by atoms with Crippen LogP contribution < -0.4 is 5.32 Å². The summed E-state index contributed by atoms with van der Waals surface area (Å²) in [5.74, 6) is 0.424. The van der Waals surface area contributed by atoms with Crippen molar-refractivity contribution in [2.45, 2.75) is 32.7 Å². The zero-order valence-electron chi connectivity index (χ0n) is 10.9. The summed E-state index contributed by atoms with van der Waals surface area (Å²) in [6.45, 7) is 4.10. The van der Waals surface area contributed by atoms with Crippen LogP contribution in [0.1, 0.15) is 25.8 Å². The number of phenolic OH excluding ortho intramolecular Hbond substituents is 1. The van der Waals surface area contributed by atoms with Gasteiger partial charge in [0.25, 0.3) is 0 Å². The molecule has 1 aromatic carbocycles. The minimum absolute atomic E-state index is 0.000356. The topological polar surface area (TPSA) is 69.6 Å². The summed E-state index contributed by atoms with van der Waals surface area (Å²) in [6, 6.07) is 6.59. The lowest BCUT2D eigenvalue weighted by atomic mass is 10.0. The van der Waals surface area contributed by atoms with E-state index in [1.807, 2.05) is 13.8 Å². The van der Waals surface area contributed by atoms with Crippen LogP contribution in [0.3, 0.4) is 0 Å². The van der Waals surface area contributed by atoms with Gasteiger partial charge in [-0.1, -0.05) is 26.0 Å². The molecule has 1 amide bonds. The van der Waals surface area contributed by atoms with Crippen LogP contribution in [0.15, 0.2) is 24.3 Å². The molecule has 18 heavy (non-hydrogen) atoms. The number of aliphatic hydroxyl groups excluding tert-OH is 1. The van der Waals surface area contributed by atoms with Crippen molar-refractivity contribution in [3.63, 3.8) is 0 Å². The highest BCUT2D eigenvalue weighted by Gasteiger charge is 2.15. The maximum atomic E-state index is 11.8. The van der Waals surface area contributed by atoms with E-state index in [0.29, 0.717) is 12.3 Å². The van der Waals surface area contributed by atoms with Crippen LogP contribution in [0, 0.1) is 5.92 Å². The van der Waals surface area contributed by atoms with Crippen LogP contribution in [0.4, 0.5) is 0 Å². The van der Waals surface area contributed by atoms with Crippen LogP contribution in [0.5, 0.6) is 5.75 Å². The number of carbonyl (C=O) groups excluding carboxylic acids is 1. The third-order valence-electron chi connectivity index (χ3n) is 2.89. The van der Waals surface area contributed by atoms with Crippen LogP contribution in [-0.4, -0.2) is 28.8 Å². The maximum absolute atomic E-state index is 11.8. The van der Waals surface area contributed by atoms with Gasteiger partial charge < -0.3 is 15.5 Å². The lowest BCUT2D eigenvalue weighted by Crippen LogP contribution is -2.39. The summed E-state index contributed by atoms with van der Waals surface area (Å²) in [6.07, 6.45) is 0.855. The first kappa shape index (κ1) is 14.5. The van der Waals surface area contributed by atoms with E-state index in [4.69, 9.17) is 10.2 Å². The van der Waals surface area contributed by atoms with Crippen molar-refractivity contribution in [1.82, 2.24) is 5.32 Å². The Bertz CT molecular complexity index is 373. The van der Waals surface area contributed by atoms with Gasteiger partial charge in [-0.25, -0.2) is 0 Å². The van der Waals surface area contributed by atoms with E-state index < -0.39 is 0 Å². The normalized spacial score (nSPS) is 12.4. The van der Waals surface area contributed by atoms with Crippen molar-refractivity contribution in [3.8, 4) is 5.75 Å². The number of amides is 1. The van der Waals surface area contributed by atoms with E-state index in [-0.39, 0.29) is 30.7 Å². The molecule has 0 heterocycles. The minimum Gasteiger partial charge on any atom is -0.508 e. The average molecular weight is 251 g/mol. The summed E-state index contributed by atoms with van der Waals surface area (Å²) >= 11 is 0. The van der Waals surface area contributed by atoms with Gasteiger partial charge in [0.1, 0.15) is 5.75 Å². The third kappa shape index (κ3) is 4.75. The van der Waals surface area contributed by atoms with Gasteiger partial charge in [-0.3, -0.25) is 4.79 Å². The smallest absolute Gasteiger partial charge is 0.224 e. The molecule has 0 aliphatic rings. The fourth-order valence-electron chi connectivity index (χ4n) is 1.77. The van der Waals surface area contributed by atoms with E-state index in [1.54, 1.807) is 24.3 Å². The molecule has 4 nitrogen and oxygen atoms in total. The van der Waals surface area contributed by atoms with Gasteiger partial charge in [0, 0.05) is 12.6 Å². The number of aliphatic hydroxyl groups is 1. The number of hydrogen-bond donors (Lipinski definition) is 3. The van der Waals surface area contributed by atoms with E-state index in [1.165, 1.54) is 0 Å². The first-order valence-corrected chi connectivity index (χ1v) is 6.21. The van der Waals surface area contributed by atoms with E-state index in [9.17, 15) is 4.79 Å². The molecule has 1 unspecified atom stereocenters. The SMILES string of the molecule is CC(C)C(CCO)NC(=O)Cc1ccc(O)cc1. The largest absolute Gasteiger partial charge is 0.508 e. The molecule has 3 N–H and O–H groups in total. The Labute approximate surface area is 108 Å². The lowest BCUT2D eigenvalue weighted by Gasteiger charge is -2.21. The molecule has 0 bridgehead atoms. The van der Waals surface area contributed by atoms with Crippen LogP contribution in [-0.2, 0) is 11.2 Å². The Morgan fingerprint density at radius 1 is 1.28 bits per heavy atom. The van der Waals surface area contributed by atoms with Gasteiger partial charge in [0.15, 0.2) is 0 Å². The molecule has 1 aromatic rings. The molecule has 1 atom stereocenters. The lowest BCUT2D eigenvalue weighted by molar-refractivity contribution is -0.121. The second-order valence-corrected chi connectivity index (χ2v) is 4.77. The number of nitrogens with one attached hydrogen (secondary N) is 1. The molecule has 0 aliphatic heterocycles. The molecular formula is C14H21NO3. The second-order valence-electron chi connectivity index (χ2n) is 4.77. The highest BCUT2D eigenvalue weighted by Crippen LogP contribution is 2.11. The summed E-state index contributed by atoms with van der Waals surface area (Å²) in [5.41, 5.74) is 0.858. The van der Waals surface area contributed by atoms with Crippen LogP contribution >= 0.6 is 0 Å². The maximum Gasteiger partial charge on any atom is 0.224 e. The standard InChI is InChI=1S/C14H21NO3/c1-10(2)13(7-8-16)15-14(18)9-11-3-5-12(17)6-4-11/h3-6,10,13,16-17H,7-9H2,1-2H3,(H,15,18). The third-order valence-corrected chi connectivity index (χ3v) is 2.89. The highest BCUT2D eigenvalue weighted by atomic mass is 16.3. The monoisotopic (exact) mass is 251 g/mol. The molecule has 0 radical (unpaired) electrons. The molecule has 1 rings (SSSR count). The van der Waals surface area contributed by atoms with Gasteiger partial charge in [0.05, 0.1) is 6.42 Å². The number of aromatic hydroxyl groups is 1. The number of carbonyl (C=O) groups is 1. The average Bonchev–Trinajstić information content (AvgIpc) is 2.31. The molecule has 0 spiro atoms. The minimum atomic E-state index is -0.0622. The van der Waals surface area contributed by atoms with Crippen LogP contribution in [0.2, 0.25) is 0 Å². The summed E-state index contributed by atoms with van der Waals surface area (Å²) in [4.78, 5) is 11.8. The molecule has 0 saturated heterocycles. The highest BCUT2D eigenvalue weighted by molar-refractivity contribution is 5.78. The number of phenols is 1. The number of rotatable bonds is 6. The quantitative estimate of drug-likeness (QED) is 0.717. The number of hydrogen-bond acceptors (Lipinski definition) is 3. The van der Waals surface area contributed by atoms with E-state index in [2.05, 4.69) is 5.32 Å². The zero-order valence-corrected chi connectivity index (χ0v) is 10.9. The van der Waals surface area contributed by atoms with Crippen molar-refractivity contribution in [1.29, 1.82) is 0 Å². The Morgan fingerprint density at radius 2 is 1.89 bits per heavy atom. The van der Waals surface area contributed by atoms with E-state index >= 15 is 0 Å². The Hall–Kier alpha value is -1.55. The summed E-state index contributed by atoms with van der Waals surface area (Å²) in [5, 5.41) is 21.0. The summed E-state index contributed by atoms with van der Waals surface area (Å²) < 4.78 is 0. The first-order valence-electron chi connectivity index (χ1n) is 6.21. The molecule has 0 saturated carbocycles. The molecule has 4 heteroatoms. The Balaban J connectivity index is 2.52. The van der Waals surface area contributed by atoms with Crippen molar-refractivity contribution < 1.29 is 15.0 Å². The van der Waals surface area contributed by atoms with Crippen LogP contribution in [0.25, 0.3) is 0 Å². The molecule has 0 aromatic heterocycles. The zero-order chi connectivity index (χ0) is 13.5. The molecule has 100 valence electrons. The predicted molar refractivity (Wildman–Crippen MR) is 70.3 cm³/mol. The first-order chi connectivity index (χ1) is 8.52. The van der Waals surface area contributed by atoms with Crippen molar-refractivity contribution in [2.75, 3.05) is 6.61 Å². The van der Waals surface area contributed by atoms with Crippen molar-refractivity contribution in [3.05, 3.63) is 29.8 Å². The second kappa shape index (κ2) is 7.01. The fourth-order valence-corrected chi connectivity index (χ4v) is 1.77.